The van der Waals surface area contributed by atoms with Gasteiger partial charge in [0.15, 0.2) is 9.84 Å². The van der Waals surface area contributed by atoms with Crippen LogP contribution in [-0.4, -0.2) is 21.7 Å². The van der Waals surface area contributed by atoms with Crippen molar-refractivity contribution in [2.45, 2.75) is 11.4 Å². The highest BCUT2D eigenvalue weighted by atomic mass is 35.5. The number of sulfone groups is 1. The van der Waals surface area contributed by atoms with Gasteiger partial charge >= 0.3 is 0 Å². The topological polar surface area (TPSA) is 55.4 Å². The lowest BCUT2D eigenvalue weighted by Gasteiger charge is -2.13. The van der Waals surface area contributed by atoms with Crippen molar-refractivity contribution in [1.82, 2.24) is 5.32 Å². The minimum atomic E-state index is -3.27. The van der Waals surface area contributed by atoms with Crippen LogP contribution in [0.2, 0.25) is 5.02 Å². The molecule has 0 bridgehead atoms. The van der Waals surface area contributed by atoms with E-state index in [0.717, 1.165) is 11.8 Å². The molecular weight excluding hydrogens is 310 g/mol. The fourth-order valence-corrected chi connectivity index (χ4v) is 2.77. The lowest BCUT2D eigenvalue weighted by atomic mass is 10.2. The molecule has 0 spiro atoms. The van der Waals surface area contributed by atoms with Gasteiger partial charge in [-0.3, -0.25) is 0 Å². The number of ether oxygens (including phenoxy) is 1. The Kier molecular flexibility index (Phi) is 4.88. The number of hydrogen-bond acceptors (Lipinski definition) is 4. The summed E-state index contributed by atoms with van der Waals surface area (Å²) >= 11 is 6.17. The van der Waals surface area contributed by atoms with Crippen molar-refractivity contribution in [3.05, 3.63) is 53.1 Å². The summed E-state index contributed by atoms with van der Waals surface area (Å²) in [5, 5.41) is 3.52. The van der Waals surface area contributed by atoms with Gasteiger partial charge in [0.05, 0.1) is 9.92 Å². The Hall–Kier alpha value is -1.56. The molecule has 0 aromatic heterocycles. The van der Waals surface area contributed by atoms with Gasteiger partial charge in [0.1, 0.15) is 11.5 Å². The van der Waals surface area contributed by atoms with Crippen molar-refractivity contribution >= 4 is 21.4 Å². The number of hydrogen-bond donors (Lipinski definition) is 1. The summed E-state index contributed by atoms with van der Waals surface area (Å²) in [5.41, 5.74) is 0.898. The molecule has 0 radical (unpaired) electrons. The van der Waals surface area contributed by atoms with E-state index >= 15 is 0 Å². The summed E-state index contributed by atoms with van der Waals surface area (Å²) in [6.45, 7) is 0.599. The Morgan fingerprint density at radius 2 is 1.90 bits per heavy atom. The van der Waals surface area contributed by atoms with E-state index in [9.17, 15) is 8.42 Å². The van der Waals surface area contributed by atoms with E-state index in [2.05, 4.69) is 5.32 Å². The van der Waals surface area contributed by atoms with Gasteiger partial charge in [0.25, 0.3) is 0 Å². The highest BCUT2D eigenvalue weighted by Crippen LogP contribution is 2.33. The van der Waals surface area contributed by atoms with E-state index in [-0.39, 0.29) is 4.90 Å². The highest BCUT2D eigenvalue weighted by molar-refractivity contribution is 7.90. The van der Waals surface area contributed by atoms with Crippen molar-refractivity contribution < 1.29 is 13.2 Å². The van der Waals surface area contributed by atoms with Crippen LogP contribution < -0.4 is 10.1 Å². The molecule has 6 heteroatoms. The molecule has 1 N–H and O–H groups in total. The lowest BCUT2D eigenvalue weighted by molar-refractivity contribution is 0.473. The first-order valence-electron chi connectivity index (χ1n) is 6.32. The van der Waals surface area contributed by atoms with E-state index in [1.807, 2.05) is 19.2 Å². The summed E-state index contributed by atoms with van der Waals surface area (Å²) in [6, 6.07) is 11.8. The second-order valence-electron chi connectivity index (χ2n) is 4.61. The van der Waals surface area contributed by atoms with Crippen molar-refractivity contribution in [3.63, 3.8) is 0 Å². The quantitative estimate of drug-likeness (QED) is 0.916. The van der Waals surface area contributed by atoms with Crippen molar-refractivity contribution in [2.75, 3.05) is 13.3 Å². The van der Waals surface area contributed by atoms with Gasteiger partial charge in [-0.05, 0) is 31.3 Å². The standard InChI is InChI=1S/C15H16ClNO3S/c1-17-10-11-5-3-8-14(16)15(11)20-12-6-4-7-13(9-12)21(2,18)19/h3-9,17H,10H2,1-2H3. The maximum atomic E-state index is 11.6. The predicted molar refractivity (Wildman–Crippen MR) is 83.8 cm³/mol. The zero-order chi connectivity index (χ0) is 15.5. The van der Waals surface area contributed by atoms with Gasteiger partial charge in [0.2, 0.25) is 0 Å². The van der Waals surface area contributed by atoms with Gasteiger partial charge in [0, 0.05) is 18.4 Å². The molecule has 4 nitrogen and oxygen atoms in total. The first kappa shape index (κ1) is 15.8. The Labute approximate surface area is 129 Å². The van der Waals surface area contributed by atoms with Crippen LogP contribution in [0.5, 0.6) is 11.5 Å². The summed E-state index contributed by atoms with van der Waals surface area (Å²) < 4.78 is 29.0. The van der Waals surface area contributed by atoms with Crippen LogP contribution in [0.15, 0.2) is 47.4 Å². The molecule has 0 atom stereocenters. The molecule has 0 aliphatic rings. The Morgan fingerprint density at radius 1 is 1.19 bits per heavy atom. The first-order valence-corrected chi connectivity index (χ1v) is 8.58. The van der Waals surface area contributed by atoms with Crippen LogP contribution in [0.1, 0.15) is 5.56 Å². The normalized spacial score (nSPS) is 11.4. The second kappa shape index (κ2) is 6.47. The van der Waals surface area contributed by atoms with E-state index in [1.165, 1.54) is 12.1 Å². The summed E-state index contributed by atoms with van der Waals surface area (Å²) in [5.74, 6) is 0.961. The van der Waals surface area contributed by atoms with Crippen molar-refractivity contribution in [2.24, 2.45) is 0 Å². The third kappa shape index (κ3) is 3.97. The molecule has 0 unspecified atom stereocenters. The van der Waals surface area contributed by atoms with E-state index < -0.39 is 9.84 Å². The van der Waals surface area contributed by atoms with Crippen LogP contribution in [-0.2, 0) is 16.4 Å². The SMILES string of the molecule is CNCc1cccc(Cl)c1Oc1cccc(S(C)(=O)=O)c1. The number of benzene rings is 2. The average molecular weight is 326 g/mol. The maximum absolute atomic E-state index is 11.6. The molecule has 0 fully saturated rings. The van der Waals surface area contributed by atoms with E-state index in [1.54, 1.807) is 18.2 Å². The van der Waals surface area contributed by atoms with Crippen molar-refractivity contribution in [1.29, 1.82) is 0 Å². The molecule has 2 aromatic rings. The number of nitrogens with one attached hydrogen (secondary N) is 1. The molecule has 0 aliphatic heterocycles. The van der Waals surface area contributed by atoms with Gasteiger partial charge in [-0.1, -0.05) is 29.8 Å². The third-order valence-corrected chi connectivity index (χ3v) is 4.28. The van der Waals surface area contributed by atoms with Gasteiger partial charge in [-0.25, -0.2) is 8.42 Å². The smallest absolute Gasteiger partial charge is 0.175 e. The number of para-hydroxylation sites is 1. The molecule has 0 aliphatic carbocycles. The van der Waals surface area contributed by atoms with Gasteiger partial charge in [-0.15, -0.1) is 0 Å². The minimum Gasteiger partial charge on any atom is -0.455 e. The van der Waals surface area contributed by atoms with E-state index in [0.29, 0.717) is 23.1 Å². The average Bonchev–Trinajstić information content (AvgIpc) is 2.42. The third-order valence-electron chi connectivity index (χ3n) is 2.87. The van der Waals surface area contributed by atoms with Crippen LogP contribution in [0.3, 0.4) is 0 Å². The molecule has 2 aromatic carbocycles. The summed E-state index contributed by atoms with van der Waals surface area (Å²) in [7, 11) is -1.45. The molecule has 0 saturated carbocycles. The molecule has 0 amide bonds. The molecule has 0 heterocycles. The lowest BCUT2D eigenvalue weighted by Crippen LogP contribution is -2.06. The first-order chi connectivity index (χ1) is 9.91. The zero-order valence-corrected chi connectivity index (χ0v) is 13.3. The molecular formula is C15H16ClNO3S. The predicted octanol–water partition coefficient (Wildman–Crippen LogP) is 3.26. The molecule has 21 heavy (non-hydrogen) atoms. The molecule has 0 saturated heterocycles. The Bertz CT molecular complexity index is 744. The summed E-state index contributed by atoms with van der Waals surface area (Å²) in [4.78, 5) is 0.210. The molecule has 2 rings (SSSR count). The maximum Gasteiger partial charge on any atom is 0.175 e. The number of halogens is 1. The Balaban J connectivity index is 2.39. The van der Waals surface area contributed by atoms with E-state index in [4.69, 9.17) is 16.3 Å². The minimum absolute atomic E-state index is 0.210. The number of rotatable bonds is 5. The Morgan fingerprint density at radius 3 is 2.57 bits per heavy atom. The second-order valence-corrected chi connectivity index (χ2v) is 7.03. The highest BCUT2D eigenvalue weighted by Gasteiger charge is 2.12. The zero-order valence-electron chi connectivity index (χ0n) is 11.8. The van der Waals surface area contributed by atoms with Crippen LogP contribution in [0.25, 0.3) is 0 Å². The van der Waals surface area contributed by atoms with Gasteiger partial charge < -0.3 is 10.1 Å². The van der Waals surface area contributed by atoms with Crippen LogP contribution in [0, 0.1) is 0 Å². The molecule has 112 valence electrons. The fraction of sp³-hybridized carbons (Fsp3) is 0.200. The van der Waals surface area contributed by atoms with Crippen LogP contribution in [0.4, 0.5) is 0 Å². The monoisotopic (exact) mass is 325 g/mol. The van der Waals surface area contributed by atoms with Crippen molar-refractivity contribution in [3.8, 4) is 11.5 Å². The van der Waals surface area contributed by atoms with Crippen LogP contribution >= 0.6 is 11.6 Å². The van der Waals surface area contributed by atoms with Gasteiger partial charge in [-0.2, -0.15) is 0 Å². The largest absolute Gasteiger partial charge is 0.455 e. The summed E-state index contributed by atoms with van der Waals surface area (Å²) in [6.07, 6.45) is 1.16. The fourth-order valence-electron chi connectivity index (χ4n) is 1.88.